The van der Waals surface area contributed by atoms with Crippen molar-refractivity contribution in [3.05, 3.63) is 28.0 Å². The number of carbonyl (C=O) groups is 1. The highest BCUT2D eigenvalue weighted by molar-refractivity contribution is 6.35. The molecule has 1 aromatic rings. The Morgan fingerprint density at radius 1 is 1.35 bits per heavy atom. The molecule has 0 aliphatic carbocycles. The highest BCUT2D eigenvalue weighted by Gasteiger charge is 2.24. The Labute approximate surface area is 109 Å². The first-order valence-corrected chi connectivity index (χ1v) is 6.17. The second kappa shape index (κ2) is 4.83. The molecule has 1 fully saturated rings. The Morgan fingerprint density at radius 3 is 2.47 bits per heavy atom. The van der Waals surface area contributed by atoms with E-state index in [9.17, 15) is 9.18 Å². The minimum atomic E-state index is -0.599. The monoisotopic (exact) mass is 275 g/mol. The number of halogens is 3. The van der Waals surface area contributed by atoms with E-state index in [-0.39, 0.29) is 21.7 Å². The predicted octanol–water partition coefficient (Wildman–Crippen LogP) is 3.55. The molecule has 1 heterocycles. The number of anilines is 1. The first-order chi connectivity index (χ1) is 7.99. The van der Waals surface area contributed by atoms with E-state index in [1.54, 1.807) is 12.1 Å². The fraction of sp³-hybridized carbons (Fsp3) is 0.417. The number of piperidine rings is 1. The molecule has 1 unspecified atom stereocenters. The third-order valence-corrected chi connectivity index (χ3v) is 3.56. The summed E-state index contributed by atoms with van der Waals surface area (Å²) in [5.41, 5.74) is 0.765. The summed E-state index contributed by atoms with van der Waals surface area (Å²) in [5.74, 6) is -0.342. The Kier molecular flexibility index (Phi) is 3.59. The van der Waals surface area contributed by atoms with Crippen molar-refractivity contribution in [2.45, 2.75) is 13.3 Å². The number of hydrogen-bond donors (Lipinski definition) is 0. The summed E-state index contributed by atoms with van der Waals surface area (Å²) in [6.07, 6.45) is 0.508. The lowest BCUT2D eigenvalue weighted by Gasteiger charge is -2.32. The van der Waals surface area contributed by atoms with Gasteiger partial charge in [0.1, 0.15) is 5.78 Å². The molecule has 0 radical (unpaired) electrons. The van der Waals surface area contributed by atoms with Crippen molar-refractivity contribution in [3.63, 3.8) is 0 Å². The number of nitrogens with zero attached hydrogens (tertiary/aromatic N) is 1. The third-order valence-electron chi connectivity index (χ3n) is 3.01. The molecule has 0 aromatic heterocycles. The van der Waals surface area contributed by atoms with Crippen molar-refractivity contribution in [1.29, 1.82) is 0 Å². The van der Waals surface area contributed by atoms with Crippen molar-refractivity contribution in [3.8, 4) is 0 Å². The van der Waals surface area contributed by atoms with Gasteiger partial charge in [0.05, 0.1) is 10.0 Å². The van der Waals surface area contributed by atoms with Crippen LogP contribution in [0.3, 0.4) is 0 Å². The SMILES string of the molecule is CC1CN(c2cc(Cl)c(F)c(Cl)c2)CCC1=O. The van der Waals surface area contributed by atoms with Gasteiger partial charge in [0, 0.05) is 31.1 Å². The van der Waals surface area contributed by atoms with Crippen molar-refractivity contribution >= 4 is 34.7 Å². The molecular weight excluding hydrogens is 264 g/mol. The van der Waals surface area contributed by atoms with Crippen LogP contribution in [0.25, 0.3) is 0 Å². The lowest BCUT2D eigenvalue weighted by atomic mass is 9.98. The zero-order chi connectivity index (χ0) is 12.6. The van der Waals surface area contributed by atoms with Crippen LogP contribution in [0, 0.1) is 11.7 Å². The van der Waals surface area contributed by atoms with Gasteiger partial charge >= 0.3 is 0 Å². The third kappa shape index (κ3) is 2.55. The van der Waals surface area contributed by atoms with E-state index < -0.39 is 5.82 Å². The summed E-state index contributed by atoms with van der Waals surface area (Å²) in [4.78, 5) is 13.4. The van der Waals surface area contributed by atoms with Crippen molar-refractivity contribution in [2.24, 2.45) is 5.92 Å². The minimum Gasteiger partial charge on any atom is -0.370 e. The van der Waals surface area contributed by atoms with Gasteiger partial charge in [0.2, 0.25) is 0 Å². The maximum Gasteiger partial charge on any atom is 0.160 e. The number of Topliss-reactive ketones (excluding diaryl/α,β-unsaturated/α-hetero) is 1. The maximum absolute atomic E-state index is 13.3. The zero-order valence-electron chi connectivity index (χ0n) is 9.34. The Morgan fingerprint density at radius 2 is 1.94 bits per heavy atom. The Balaban J connectivity index is 2.26. The highest BCUT2D eigenvalue weighted by atomic mass is 35.5. The van der Waals surface area contributed by atoms with Gasteiger partial charge in [-0.2, -0.15) is 0 Å². The molecule has 1 atom stereocenters. The number of benzene rings is 1. The molecule has 1 aliphatic rings. The van der Waals surface area contributed by atoms with Crippen molar-refractivity contribution < 1.29 is 9.18 Å². The van der Waals surface area contributed by atoms with Crippen molar-refractivity contribution in [2.75, 3.05) is 18.0 Å². The predicted molar refractivity (Wildman–Crippen MR) is 67.4 cm³/mol. The summed E-state index contributed by atoms with van der Waals surface area (Å²) in [5, 5.41) is 0.0223. The van der Waals surface area contributed by atoms with Crippen LogP contribution in [0.4, 0.5) is 10.1 Å². The summed E-state index contributed by atoms with van der Waals surface area (Å²) in [6.45, 7) is 3.14. The summed E-state index contributed by atoms with van der Waals surface area (Å²) >= 11 is 11.5. The van der Waals surface area contributed by atoms with Gasteiger partial charge in [-0.1, -0.05) is 30.1 Å². The van der Waals surface area contributed by atoms with Crippen LogP contribution in [0.5, 0.6) is 0 Å². The minimum absolute atomic E-state index is 0.00801. The molecule has 0 spiro atoms. The van der Waals surface area contributed by atoms with Gasteiger partial charge in [0.15, 0.2) is 5.82 Å². The number of ketones is 1. The molecule has 2 nitrogen and oxygen atoms in total. The topological polar surface area (TPSA) is 20.3 Å². The molecule has 92 valence electrons. The number of rotatable bonds is 1. The molecule has 0 bridgehead atoms. The van der Waals surface area contributed by atoms with Crippen LogP contribution in [-0.2, 0) is 4.79 Å². The quantitative estimate of drug-likeness (QED) is 0.731. The second-order valence-corrected chi connectivity index (χ2v) is 5.10. The first kappa shape index (κ1) is 12.7. The average Bonchev–Trinajstić information content (AvgIpc) is 2.29. The average molecular weight is 276 g/mol. The van der Waals surface area contributed by atoms with Gasteiger partial charge in [0.25, 0.3) is 0 Å². The van der Waals surface area contributed by atoms with Gasteiger partial charge in [-0.25, -0.2) is 4.39 Å². The highest BCUT2D eigenvalue weighted by Crippen LogP contribution is 2.31. The Hall–Kier alpha value is -0.800. The number of hydrogen-bond acceptors (Lipinski definition) is 2. The molecule has 0 N–H and O–H groups in total. The molecule has 0 amide bonds. The lowest BCUT2D eigenvalue weighted by molar-refractivity contribution is -0.122. The Bertz CT molecular complexity index is 441. The summed E-state index contributed by atoms with van der Waals surface area (Å²) in [6, 6.07) is 3.09. The van der Waals surface area contributed by atoms with E-state index in [4.69, 9.17) is 23.2 Å². The smallest absolute Gasteiger partial charge is 0.160 e. The lowest BCUT2D eigenvalue weighted by Crippen LogP contribution is -2.39. The van der Waals surface area contributed by atoms with Crippen LogP contribution in [0.2, 0.25) is 10.0 Å². The fourth-order valence-corrected chi connectivity index (χ4v) is 2.45. The number of carbonyl (C=O) groups excluding carboxylic acids is 1. The van der Waals surface area contributed by atoms with E-state index >= 15 is 0 Å². The molecule has 17 heavy (non-hydrogen) atoms. The first-order valence-electron chi connectivity index (χ1n) is 5.41. The molecule has 2 rings (SSSR count). The molecule has 5 heteroatoms. The second-order valence-electron chi connectivity index (χ2n) is 4.29. The standard InChI is InChI=1S/C12H12Cl2FNO/c1-7-6-16(3-2-11(7)17)8-4-9(13)12(15)10(14)5-8/h4-5,7H,2-3,6H2,1H3. The van der Waals surface area contributed by atoms with E-state index in [1.165, 1.54) is 0 Å². The van der Waals surface area contributed by atoms with E-state index in [0.717, 1.165) is 5.69 Å². The van der Waals surface area contributed by atoms with E-state index in [0.29, 0.717) is 19.5 Å². The van der Waals surface area contributed by atoms with Gasteiger partial charge in [-0.05, 0) is 12.1 Å². The van der Waals surface area contributed by atoms with Gasteiger partial charge < -0.3 is 4.90 Å². The molecule has 1 aromatic carbocycles. The van der Waals surface area contributed by atoms with Crippen LogP contribution in [-0.4, -0.2) is 18.9 Å². The molecular formula is C12H12Cl2FNO. The maximum atomic E-state index is 13.3. The van der Waals surface area contributed by atoms with Gasteiger partial charge in [-0.15, -0.1) is 0 Å². The van der Waals surface area contributed by atoms with E-state index in [1.807, 2.05) is 11.8 Å². The van der Waals surface area contributed by atoms with E-state index in [2.05, 4.69) is 0 Å². The van der Waals surface area contributed by atoms with Crippen molar-refractivity contribution in [1.82, 2.24) is 0 Å². The van der Waals surface area contributed by atoms with Crippen LogP contribution >= 0.6 is 23.2 Å². The summed E-state index contributed by atoms with van der Waals surface area (Å²) in [7, 11) is 0. The normalized spacial score (nSPS) is 20.8. The van der Waals surface area contributed by atoms with Gasteiger partial charge in [-0.3, -0.25) is 4.79 Å². The van der Waals surface area contributed by atoms with Crippen LogP contribution in [0.1, 0.15) is 13.3 Å². The molecule has 1 aliphatic heterocycles. The molecule has 0 saturated carbocycles. The summed E-state index contributed by atoms with van der Waals surface area (Å²) < 4.78 is 13.3. The molecule has 1 saturated heterocycles. The van der Waals surface area contributed by atoms with Crippen LogP contribution in [0.15, 0.2) is 12.1 Å². The fourth-order valence-electron chi connectivity index (χ4n) is 1.97. The van der Waals surface area contributed by atoms with Crippen LogP contribution < -0.4 is 4.90 Å². The zero-order valence-corrected chi connectivity index (χ0v) is 10.9. The largest absolute Gasteiger partial charge is 0.370 e.